The molecule has 0 amide bonds. The summed E-state index contributed by atoms with van der Waals surface area (Å²) in [5.74, 6) is 9.60. The van der Waals surface area contributed by atoms with Crippen LogP contribution in [0.5, 0.6) is 0 Å². The van der Waals surface area contributed by atoms with Crippen LogP contribution in [-0.4, -0.2) is 9.13 Å². The second kappa shape index (κ2) is 31.5. The Morgan fingerprint density at radius 2 is 0.493 bits per heavy atom. The molecule has 726 valence electrons. The van der Waals surface area contributed by atoms with Gasteiger partial charge in [-0.25, -0.2) is 0 Å². The van der Waals surface area contributed by atoms with E-state index < -0.39 is 0 Å². The van der Waals surface area contributed by atoms with Crippen LogP contribution in [0.15, 0.2) is 352 Å². The Morgan fingerprint density at radius 1 is 0.203 bits per heavy atom. The smallest absolute Gasteiger partial charge is 0.0544 e. The van der Waals surface area contributed by atoms with Gasteiger partial charge in [-0.3, -0.25) is 0 Å². The Kier molecular flexibility index (Phi) is 18.4. The molecule has 16 fully saturated rings. The van der Waals surface area contributed by atoms with Gasteiger partial charge in [-0.1, -0.05) is 270 Å². The molecule has 18 aliphatic carbocycles. The van der Waals surface area contributed by atoms with E-state index in [9.17, 15) is 0 Å². The third-order valence-electron chi connectivity index (χ3n) is 42.5. The molecule has 16 saturated carbocycles. The van der Waals surface area contributed by atoms with Crippen LogP contribution in [0.1, 0.15) is 226 Å². The number of hydrogen-bond donors (Lipinski definition) is 0. The van der Waals surface area contributed by atoms with Crippen molar-refractivity contribution in [2.75, 3.05) is 9.80 Å². The Hall–Kier alpha value is -13.5. The van der Waals surface area contributed by atoms with Gasteiger partial charge in [0.2, 0.25) is 0 Å². The Morgan fingerprint density at radius 3 is 0.831 bits per heavy atom. The average Bonchev–Trinajstić information content (AvgIpc) is 1.42. The van der Waals surface area contributed by atoms with Crippen LogP contribution in [0, 0.1) is 71.0 Å². The first-order valence-corrected chi connectivity index (χ1v) is 57.3. The number of anilines is 6. The first kappa shape index (κ1) is 86.4. The van der Waals surface area contributed by atoms with Crippen molar-refractivity contribution in [2.45, 2.75) is 214 Å². The monoisotopic (exact) mass is 1920 g/mol. The summed E-state index contributed by atoms with van der Waals surface area (Å²) in [7, 11) is 0. The van der Waals surface area contributed by atoms with Gasteiger partial charge >= 0.3 is 0 Å². The van der Waals surface area contributed by atoms with Crippen LogP contribution < -0.4 is 9.80 Å². The van der Waals surface area contributed by atoms with Crippen LogP contribution >= 0.6 is 0 Å². The van der Waals surface area contributed by atoms with Crippen molar-refractivity contribution in [1.82, 2.24) is 9.13 Å². The van der Waals surface area contributed by atoms with Crippen molar-refractivity contribution in [3.8, 4) is 78.1 Å². The van der Waals surface area contributed by atoms with Crippen molar-refractivity contribution in [1.29, 1.82) is 0 Å². The summed E-state index contributed by atoms with van der Waals surface area (Å²) in [6.07, 6.45) is 32.9. The van der Waals surface area contributed by atoms with Crippen LogP contribution in [0.2, 0.25) is 0 Å². The molecule has 2 aromatic heterocycles. The second-order valence-corrected chi connectivity index (χ2v) is 51.9. The highest BCUT2D eigenvalue weighted by atomic mass is 15.2. The summed E-state index contributed by atoms with van der Waals surface area (Å²) in [4.78, 5) is 5.65. The van der Waals surface area contributed by atoms with Crippen LogP contribution in [-0.2, 0) is 32.5 Å². The fourth-order valence-electron chi connectivity index (χ4n) is 38.4. The third-order valence-corrected chi connectivity index (χ3v) is 42.5. The van der Waals surface area contributed by atoms with Gasteiger partial charge < -0.3 is 18.9 Å². The Labute approximate surface area is 871 Å². The predicted octanol–water partition coefficient (Wildman–Crippen LogP) is 38.3. The summed E-state index contributed by atoms with van der Waals surface area (Å²) in [6.45, 7) is 9.89. The first-order valence-electron chi connectivity index (χ1n) is 57.3. The molecule has 17 aromatic carbocycles. The zero-order valence-corrected chi connectivity index (χ0v) is 86.2. The lowest BCUT2D eigenvalue weighted by atomic mass is 9.46. The number of hydrogen-bond acceptors (Lipinski definition) is 2. The fourth-order valence-corrected chi connectivity index (χ4v) is 38.4. The van der Waals surface area contributed by atoms with Gasteiger partial charge in [0.1, 0.15) is 0 Å². The lowest BCUT2D eigenvalue weighted by Gasteiger charge is -2.58. The molecule has 37 rings (SSSR count). The minimum Gasteiger partial charge on any atom is -0.310 e. The molecule has 0 atom stereocenters. The molecule has 4 nitrogen and oxygen atoms in total. The number of rotatable bonds is 16. The van der Waals surface area contributed by atoms with Gasteiger partial charge in [0.05, 0.1) is 22.1 Å². The normalized spacial score (nSPS) is 27.7. The number of aromatic nitrogens is 2. The molecule has 0 aliphatic heterocycles. The topological polar surface area (TPSA) is 16.3 Å². The molecule has 0 spiro atoms. The van der Waals surface area contributed by atoms with Crippen molar-refractivity contribution in [2.24, 2.45) is 71.0 Å². The largest absolute Gasteiger partial charge is 0.310 e. The van der Waals surface area contributed by atoms with Gasteiger partial charge in [-0.2, -0.15) is 0 Å². The molecular formula is C144H130N4. The summed E-state index contributed by atoms with van der Waals surface area (Å²) in [6, 6.07) is 142. The van der Waals surface area contributed by atoms with E-state index in [1.807, 2.05) is 0 Å². The molecule has 0 N–H and O–H groups in total. The number of fused-ring (bicyclic) bond motifs is 16. The molecular weight excluding hydrogens is 1790 g/mol. The zero-order chi connectivity index (χ0) is 97.3. The van der Waals surface area contributed by atoms with E-state index in [1.165, 1.54) is 354 Å². The highest BCUT2D eigenvalue weighted by molar-refractivity contribution is 6.25. The van der Waals surface area contributed by atoms with Gasteiger partial charge in [-0.05, 0) is 489 Å². The quantitative estimate of drug-likeness (QED) is 0.0897. The number of nitrogens with zero attached hydrogens (tertiary/aromatic N) is 4. The van der Waals surface area contributed by atoms with Crippen molar-refractivity contribution in [3.05, 3.63) is 396 Å². The summed E-state index contributed by atoms with van der Waals surface area (Å²) >= 11 is 0. The van der Waals surface area contributed by atoms with E-state index in [2.05, 4.69) is 398 Å². The van der Waals surface area contributed by atoms with Crippen molar-refractivity contribution >= 4 is 99.3 Å². The third kappa shape index (κ3) is 12.7. The number of benzene rings is 17. The lowest BCUT2D eigenvalue weighted by Crippen LogP contribution is -2.50. The molecule has 19 aromatic rings. The fraction of sp³-hybridized carbons (Fsp3) is 0.319. The standard InChI is InChI=1S/C144H130N4/c1-139(2)127-41-19-15-35-115(127)121-49-51-131-135(137(121)139)123-39-17-21-43-129(123)147(131)107-31-23-29-105(71-107)145(111-67-101(141-75-87-53-88(76-141)55-89(54-87)77-141)65-102(68-111)142-78-90-56-91(79-142)58-92(57-90)80-142)109-45-47-119-125(73-109)133(117-37-13-11-33-113(117)99-25-7-5-8-26-99)120-48-46-110(74-126(120)134(119)118-38-14-12-34-114(118)100-27-9-6-10-28-100)146(112-69-103(143-81-93-59-94(82-143)61-95(60-93)83-143)66-104(70-112)144-84-96-62-97(85-144)64-98(63-96)86-144)106-30-24-32-108(72-106)148-130-44-22-18-40-124(130)136-132(148)52-50-122-116-36-16-20-42-128(116)140(3,4)138(122)136/h5-52,65-74,87-98H,53-64,75-86H2,1-4H3. The van der Waals surface area contributed by atoms with Crippen molar-refractivity contribution in [3.63, 3.8) is 0 Å². The maximum absolute atomic E-state index is 2.92. The minimum atomic E-state index is -0.211. The van der Waals surface area contributed by atoms with E-state index in [1.54, 1.807) is 22.3 Å². The SMILES string of the molecule is CC1(C)c2ccccc2-c2ccc3c(c21)c1ccccc1n3-c1cccc(N(c2cc(C34CC5CC(CC(C5)C3)C4)cc(C34CC5CC(CC(C5)C3)C4)c2)c2ccc3c(-c4ccccc4-c4ccccc4)c4cc(N(c5cccc(-n6c7ccccc7c7c8c(ccc76)-c6ccccc6C8(C)C)c5)c5cc(C67CC8CC(CC(C8)C6)C7)cc(C67CC8CC(CC(C8)C6)C7)c5)ccc4c(-c4ccccc4-c4ccccc4)c3c2)c1. The molecule has 0 unspecified atom stereocenters. The zero-order valence-electron chi connectivity index (χ0n) is 86.2. The van der Waals surface area contributed by atoms with E-state index >= 15 is 0 Å². The lowest BCUT2D eigenvalue weighted by molar-refractivity contribution is -0.00856. The molecule has 2 heterocycles. The van der Waals surface area contributed by atoms with E-state index in [0.29, 0.717) is 0 Å². The van der Waals surface area contributed by atoms with Crippen molar-refractivity contribution < 1.29 is 0 Å². The summed E-state index contributed by atoms with van der Waals surface area (Å²) < 4.78 is 5.29. The molecule has 0 saturated heterocycles. The van der Waals surface area contributed by atoms with Gasteiger partial charge in [-0.15, -0.1) is 0 Å². The Balaban J connectivity index is 0.660. The van der Waals surface area contributed by atoms with Gasteiger partial charge in [0.25, 0.3) is 0 Å². The Bertz CT molecular complexity index is 8060. The molecule has 148 heavy (non-hydrogen) atoms. The summed E-state index contributed by atoms with van der Waals surface area (Å²) in [5.41, 5.74) is 42.5. The van der Waals surface area contributed by atoms with E-state index in [0.717, 1.165) is 71.0 Å². The molecule has 0 radical (unpaired) electrons. The highest BCUT2D eigenvalue weighted by Crippen LogP contribution is 2.70. The minimum absolute atomic E-state index is 0.146. The van der Waals surface area contributed by atoms with Crippen LogP contribution in [0.4, 0.5) is 34.1 Å². The maximum atomic E-state index is 2.92. The van der Waals surface area contributed by atoms with Gasteiger partial charge in [0, 0.05) is 77.9 Å². The maximum Gasteiger partial charge on any atom is 0.0544 e. The summed E-state index contributed by atoms with van der Waals surface area (Å²) in [5, 5.41) is 10.3. The van der Waals surface area contributed by atoms with Gasteiger partial charge in [0.15, 0.2) is 0 Å². The predicted molar refractivity (Wildman–Crippen MR) is 616 cm³/mol. The molecule has 16 bridgehead atoms. The van der Waals surface area contributed by atoms with Crippen LogP contribution in [0.25, 0.3) is 143 Å². The van der Waals surface area contributed by atoms with E-state index in [-0.39, 0.29) is 32.5 Å². The first-order chi connectivity index (χ1) is 72.5. The molecule has 18 aliphatic rings. The van der Waals surface area contributed by atoms with Crippen LogP contribution in [0.3, 0.4) is 0 Å². The molecule has 4 heteroatoms. The average molecular weight is 1920 g/mol. The second-order valence-electron chi connectivity index (χ2n) is 51.9. The van der Waals surface area contributed by atoms with E-state index in [4.69, 9.17) is 0 Å². The highest BCUT2D eigenvalue weighted by Gasteiger charge is 2.58. The number of para-hydroxylation sites is 2.